The van der Waals surface area contributed by atoms with Crippen LogP contribution in [0.4, 0.5) is 8.78 Å². The van der Waals surface area contributed by atoms with E-state index < -0.39 is 11.6 Å². The first-order chi connectivity index (χ1) is 9.06. The van der Waals surface area contributed by atoms with Crippen LogP contribution in [0.3, 0.4) is 0 Å². The first kappa shape index (κ1) is 16.1. The number of rotatable bonds is 8. The molecule has 0 amide bonds. The van der Waals surface area contributed by atoms with Gasteiger partial charge in [0.15, 0.2) is 11.6 Å². The van der Waals surface area contributed by atoms with Crippen molar-refractivity contribution in [2.75, 3.05) is 13.1 Å². The average molecular weight is 269 g/mol. The number of nitrogens with one attached hydrogen (secondary N) is 1. The van der Waals surface area contributed by atoms with E-state index in [1.165, 1.54) is 12.1 Å². The van der Waals surface area contributed by atoms with Gasteiger partial charge in [-0.15, -0.1) is 0 Å². The van der Waals surface area contributed by atoms with Crippen molar-refractivity contribution < 1.29 is 8.78 Å². The fourth-order valence-electron chi connectivity index (χ4n) is 2.43. The average Bonchev–Trinajstić information content (AvgIpc) is 2.42. The van der Waals surface area contributed by atoms with E-state index in [0.717, 1.165) is 44.3 Å². The van der Waals surface area contributed by atoms with Gasteiger partial charge in [-0.05, 0) is 55.3 Å². The first-order valence-electron chi connectivity index (χ1n) is 7.21. The predicted octanol–water partition coefficient (Wildman–Crippen LogP) is 4.31. The maximum absolute atomic E-state index is 13.3. The number of benzene rings is 1. The molecule has 0 fully saturated rings. The van der Waals surface area contributed by atoms with Crippen LogP contribution in [0, 0.1) is 17.0 Å². The molecule has 0 atom stereocenters. The van der Waals surface area contributed by atoms with Gasteiger partial charge in [-0.25, -0.2) is 8.78 Å². The molecule has 0 aliphatic carbocycles. The third-order valence-corrected chi connectivity index (χ3v) is 3.99. The Kier molecular flexibility index (Phi) is 6.43. The summed E-state index contributed by atoms with van der Waals surface area (Å²) in [5, 5.41) is 3.46. The molecule has 0 unspecified atom stereocenters. The molecule has 108 valence electrons. The fraction of sp³-hybridized carbons (Fsp3) is 0.625. The summed E-state index contributed by atoms with van der Waals surface area (Å²) in [5.74, 6) is -1.52. The zero-order chi connectivity index (χ0) is 14.3. The first-order valence-corrected chi connectivity index (χ1v) is 7.21. The molecule has 0 aromatic heterocycles. The fourth-order valence-corrected chi connectivity index (χ4v) is 2.43. The second-order valence-electron chi connectivity index (χ2n) is 5.31. The van der Waals surface area contributed by atoms with Gasteiger partial charge in [0, 0.05) is 6.54 Å². The van der Waals surface area contributed by atoms with E-state index in [1.807, 2.05) is 0 Å². The molecule has 0 radical (unpaired) electrons. The number of hydrogen-bond donors (Lipinski definition) is 1. The SMILES string of the molecule is CCCNCC(CC)(CC)Cc1ccc(F)c(F)c1. The highest BCUT2D eigenvalue weighted by Crippen LogP contribution is 2.30. The van der Waals surface area contributed by atoms with E-state index in [-0.39, 0.29) is 5.41 Å². The van der Waals surface area contributed by atoms with E-state index in [9.17, 15) is 8.78 Å². The second-order valence-corrected chi connectivity index (χ2v) is 5.31. The number of halogens is 2. The highest BCUT2D eigenvalue weighted by molar-refractivity contribution is 5.19. The molecule has 0 aliphatic rings. The maximum atomic E-state index is 13.3. The third kappa shape index (κ3) is 4.57. The Bertz CT molecular complexity index is 386. The van der Waals surface area contributed by atoms with Crippen LogP contribution < -0.4 is 5.32 Å². The van der Waals surface area contributed by atoms with Crippen LogP contribution in [0.15, 0.2) is 18.2 Å². The number of hydrogen-bond acceptors (Lipinski definition) is 1. The van der Waals surface area contributed by atoms with Crippen molar-refractivity contribution in [2.45, 2.75) is 46.5 Å². The molecule has 0 spiro atoms. The Morgan fingerprint density at radius 3 is 2.26 bits per heavy atom. The molecule has 19 heavy (non-hydrogen) atoms. The van der Waals surface area contributed by atoms with Crippen LogP contribution in [-0.4, -0.2) is 13.1 Å². The summed E-state index contributed by atoms with van der Waals surface area (Å²) in [5.41, 5.74) is 1.00. The van der Waals surface area contributed by atoms with Gasteiger partial charge in [-0.2, -0.15) is 0 Å². The van der Waals surface area contributed by atoms with Crippen molar-refractivity contribution in [3.63, 3.8) is 0 Å². The maximum Gasteiger partial charge on any atom is 0.159 e. The lowest BCUT2D eigenvalue weighted by Gasteiger charge is -2.32. The highest BCUT2D eigenvalue weighted by Gasteiger charge is 2.26. The van der Waals surface area contributed by atoms with E-state index in [1.54, 1.807) is 6.07 Å². The van der Waals surface area contributed by atoms with Crippen LogP contribution >= 0.6 is 0 Å². The zero-order valence-electron chi connectivity index (χ0n) is 12.2. The minimum atomic E-state index is -0.772. The summed E-state index contributed by atoms with van der Waals surface area (Å²) in [4.78, 5) is 0. The van der Waals surface area contributed by atoms with Gasteiger partial charge < -0.3 is 5.32 Å². The molecular weight excluding hydrogens is 244 g/mol. The lowest BCUT2D eigenvalue weighted by Crippen LogP contribution is -2.35. The van der Waals surface area contributed by atoms with Crippen molar-refractivity contribution in [1.29, 1.82) is 0 Å². The molecule has 0 saturated heterocycles. The van der Waals surface area contributed by atoms with Gasteiger partial charge in [-0.1, -0.05) is 26.8 Å². The van der Waals surface area contributed by atoms with Crippen molar-refractivity contribution in [3.8, 4) is 0 Å². The lowest BCUT2D eigenvalue weighted by atomic mass is 9.77. The van der Waals surface area contributed by atoms with Gasteiger partial charge in [0.2, 0.25) is 0 Å². The van der Waals surface area contributed by atoms with Crippen LogP contribution in [0.5, 0.6) is 0 Å². The Morgan fingerprint density at radius 1 is 1.05 bits per heavy atom. The summed E-state index contributed by atoms with van der Waals surface area (Å²) in [6.45, 7) is 8.39. The van der Waals surface area contributed by atoms with E-state index >= 15 is 0 Å². The van der Waals surface area contributed by atoms with Crippen LogP contribution in [0.1, 0.15) is 45.6 Å². The Morgan fingerprint density at radius 2 is 1.74 bits per heavy atom. The van der Waals surface area contributed by atoms with Gasteiger partial charge in [-0.3, -0.25) is 0 Å². The quantitative estimate of drug-likeness (QED) is 0.693. The van der Waals surface area contributed by atoms with Gasteiger partial charge in [0.1, 0.15) is 0 Å². The highest BCUT2D eigenvalue weighted by atomic mass is 19.2. The predicted molar refractivity (Wildman–Crippen MR) is 76.2 cm³/mol. The normalized spacial score (nSPS) is 11.8. The summed E-state index contributed by atoms with van der Waals surface area (Å²) in [6.07, 6.45) is 3.95. The molecule has 1 rings (SSSR count). The van der Waals surface area contributed by atoms with Crippen LogP contribution in [0.2, 0.25) is 0 Å². The van der Waals surface area contributed by atoms with E-state index in [2.05, 4.69) is 26.1 Å². The molecule has 0 bridgehead atoms. The van der Waals surface area contributed by atoms with Crippen molar-refractivity contribution in [3.05, 3.63) is 35.4 Å². The largest absolute Gasteiger partial charge is 0.316 e. The molecule has 1 N–H and O–H groups in total. The van der Waals surface area contributed by atoms with Crippen LogP contribution in [-0.2, 0) is 6.42 Å². The smallest absolute Gasteiger partial charge is 0.159 e. The summed E-state index contributed by atoms with van der Waals surface area (Å²) < 4.78 is 26.2. The molecule has 3 heteroatoms. The summed E-state index contributed by atoms with van der Waals surface area (Å²) in [7, 11) is 0. The minimum Gasteiger partial charge on any atom is -0.316 e. The Hall–Kier alpha value is -0.960. The molecule has 1 aromatic rings. The van der Waals surface area contributed by atoms with Gasteiger partial charge in [0.25, 0.3) is 0 Å². The zero-order valence-corrected chi connectivity index (χ0v) is 12.2. The van der Waals surface area contributed by atoms with Gasteiger partial charge in [0.05, 0.1) is 0 Å². The Balaban J connectivity index is 2.78. The summed E-state index contributed by atoms with van der Waals surface area (Å²) >= 11 is 0. The standard InChI is InChI=1S/C16H25F2N/c1-4-9-19-12-16(5-2,6-3)11-13-7-8-14(17)15(18)10-13/h7-8,10,19H,4-6,9,11-12H2,1-3H3. The minimum absolute atomic E-state index is 0.124. The lowest BCUT2D eigenvalue weighted by molar-refractivity contribution is 0.246. The third-order valence-electron chi connectivity index (χ3n) is 3.99. The molecule has 0 heterocycles. The molecular formula is C16H25F2N. The molecule has 1 nitrogen and oxygen atoms in total. The van der Waals surface area contributed by atoms with Crippen molar-refractivity contribution >= 4 is 0 Å². The van der Waals surface area contributed by atoms with Crippen molar-refractivity contribution in [2.24, 2.45) is 5.41 Å². The second kappa shape index (κ2) is 7.59. The van der Waals surface area contributed by atoms with E-state index in [0.29, 0.717) is 0 Å². The van der Waals surface area contributed by atoms with Crippen LogP contribution in [0.25, 0.3) is 0 Å². The molecule has 1 aromatic carbocycles. The molecule has 0 aliphatic heterocycles. The van der Waals surface area contributed by atoms with Gasteiger partial charge >= 0.3 is 0 Å². The molecule has 0 saturated carbocycles. The topological polar surface area (TPSA) is 12.0 Å². The van der Waals surface area contributed by atoms with Crippen molar-refractivity contribution in [1.82, 2.24) is 5.32 Å². The van der Waals surface area contributed by atoms with E-state index in [4.69, 9.17) is 0 Å². The summed E-state index contributed by atoms with van der Waals surface area (Å²) in [6, 6.07) is 4.24. The Labute approximate surface area is 115 Å². The monoisotopic (exact) mass is 269 g/mol.